The van der Waals surface area contributed by atoms with E-state index in [-0.39, 0.29) is 23.8 Å². The van der Waals surface area contributed by atoms with Gasteiger partial charge in [0.05, 0.1) is 11.7 Å². The maximum Gasteiger partial charge on any atom is 0.223 e. The molecular formula is C29H34N4O2. The Labute approximate surface area is 207 Å². The van der Waals surface area contributed by atoms with E-state index in [1.807, 2.05) is 54.6 Å². The Kier molecular flexibility index (Phi) is 8.27. The summed E-state index contributed by atoms with van der Waals surface area (Å²) in [6.45, 7) is 2.20. The van der Waals surface area contributed by atoms with Gasteiger partial charge in [-0.3, -0.25) is 14.6 Å². The zero-order chi connectivity index (χ0) is 24.6. The van der Waals surface area contributed by atoms with Crippen LogP contribution in [-0.4, -0.2) is 23.3 Å². The summed E-state index contributed by atoms with van der Waals surface area (Å²) < 4.78 is 0. The molecule has 0 radical (unpaired) electrons. The van der Waals surface area contributed by atoms with Gasteiger partial charge in [-0.05, 0) is 85.5 Å². The Balaban J connectivity index is 1.57. The van der Waals surface area contributed by atoms with E-state index in [0.717, 1.165) is 53.8 Å². The van der Waals surface area contributed by atoms with Crippen LogP contribution in [0.2, 0.25) is 0 Å². The van der Waals surface area contributed by atoms with Crippen molar-refractivity contribution in [2.75, 3.05) is 11.9 Å². The van der Waals surface area contributed by atoms with E-state index < -0.39 is 0 Å². The SMILES string of the molecule is CC(=O)Nc1cccc(-c2ccnc(C(Cc3ccccc3)NC(=O)[C@H]3CC[C@H](CN)CC3)c2)c1. The van der Waals surface area contributed by atoms with E-state index in [9.17, 15) is 9.59 Å². The van der Waals surface area contributed by atoms with Gasteiger partial charge >= 0.3 is 0 Å². The average molecular weight is 471 g/mol. The molecule has 1 saturated carbocycles. The molecule has 1 atom stereocenters. The second-order valence-electron chi connectivity index (χ2n) is 9.44. The zero-order valence-corrected chi connectivity index (χ0v) is 20.2. The minimum atomic E-state index is -0.240. The number of nitrogens with one attached hydrogen (secondary N) is 2. The molecule has 1 unspecified atom stereocenters. The van der Waals surface area contributed by atoms with Gasteiger partial charge in [0.1, 0.15) is 0 Å². The predicted octanol–water partition coefficient (Wildman–Crippen LogP) is 4.87. The predicted molar refractivity (Wildman–Crippen MR) is 140 cm³/mol. The monoisotopic (exact) mass is 470 g/mol. The van der Waals surface area contributed by atoms with E-state index >= 15 is 0 Å². The standard InChI is InChI=1S/C29H34N4O2/c1-20(34)32-26-9-5-8-24(17-26)25-14-15-31-27(18-25)28(16-21-6-3-2-4-7-21)33-29(35)23-12-10-22(19-30)11-13-23/h2-9,14-15,17-18,22-23,28H,10-13,16,19,30H2,1H3,(H,32,34)(H,33,35)/t22-,23-,28?. The Morgan fingerprint density at radius 2 is 1.71 bits per heavy atom. The van der Waals surface area contributed by atoms with E-state index in [0.29, 0.717) is 18.9 Å². The van der Waals surface area contributed by atoms with Gasteiger partial charge in [0.15, 0.2) is 0 Å². The van der Waals surface area contributed by atoms with Crippen molar-refractivity contribution in [2.24, 2.45) is 17.6 Å². The molecule has 6 nitrogen and oxygen atoms in total. The molecule has 1 aromatic heterocycles. The number of hydrogen-bond donors (Lipinski definition) is 3. The number of hydrogen-bond acceptors (Lipinski definition) is 4. The molecular weight excluding hydrogens is 436 g/mol. The molecule has 0 aliphatic heterocycles. The van der Waals surface area contributed by atoms with Gasteiger partial charge < -0.3 is 16.4 Å². The second kappa shape index (κ2) is 11.8. The number of nitrogens with two attached hydrogens (primary N) is 1. The van der Waals surface area contributed by atoms with Crippen LogP contribution in [0.15, 0.2) is 72.9 Å². The van der Waals surface area contributed by atoms with E-state index in [2.05, 4.69) is 27.8 Å². The van der Waals surface area contributed by atoms with Gasteiger partial charge in [0.25, 0.3) is 0 Å². The first-order valence-corrected chi connectivity index (χ1v) is 12.4. The first-order chi connectivity index (χ1) is 17.0. The number of rotatable bonds is 8. The van der Waals surface area contributed by atoms with E-state index in [1.165, 1.54) is 6.92 Å². The van der Waals surface area contributed by atoms with Crippen LogP contribution >= 0.6 is 0 Å². The highest BCUT2D eigenvalue weighted by Gasteiger charge is 2.28. The van der Waals surface area contributed by atoms with Crippen molar-refractivity contribution in [3.05, 3.63) is 84.2 Å². The third-order valence-corrected chi connectivity index (χ3v) is 6.80. The van der Waals surface area contributed by atoms with E-state index in [1.54, 1.807) is 6.20 Å². The van der Waals surface area contributed by atoms with Crippen LogP contribution in [-0.2, 0) is 16.0 Å². The molecule has 1 heterocycles. The Morgan fingerprint density at radius 3 is 2.43 bits per heavy atom. The molecule has 35 heavy (non-hydrogen) atoms. The number of nitrogens with zero attached hydrogens (tertiary/aromatic N) is 1. The molecule has 3 aromatic rings. The fraction of sp³-hybridized carbons (Fsp3) is 0.345. The van der Waals surface area contributed by atoms with Crippen molar-refractivity contribution in [3.63, 3.8) is 0 Å². The molecule has 1 aliphatic rings. The molecule has 2 amide bonds. The van der Waals surface area contributed by atoms with Crippen molar-refractivity contribution >= 4 is 17.5 Å². The number of pyridine rings is 1. The summed E-state index contributed by atoms with van der Waals surface area (Å²) in [7, 11) is 0. The topological polar surface area (TPSA) is 97.1 Å². The van der Waals surface area contributed by atoms with E-state index in [4.69, 9.17) is 5.73 Å². The summed E-state index contributed by atoms with van der Waals surface area (Å²) in [5, 5.41) is 6.15. The van der Waals surface area contributed by atoms with Crippen molar-refractivity contribution in [1.29, 1.82) is 0 Å². The number of anilines is 1. The van der Waals surface area contributed by atoms with Crippen LogP contribution in [0, 0.1) is 11.8 Å². The first-order valence-electron chi connectivity index (χ1n) is 12.4. The molecule has 4 rings (SSSR count). The normalized spacial score (nSPS) is 18.5. The maximum atomic E-state index is 13.3. The lowest BCUT2D eigenvalue weighted by atomic mass is 9.81. The zero-order valence-electron chi connectivity index (χ0n) is 20.2. The average Bonchev–Trinajstić information content (AvgIpc) is 2.89. The van der Waals surface area contributed by atoms with Crippen LogP contribution in [0.1, 0.15) is 49.9 Å². The minimum Gasteiger partial charge on any atom is -0.347 e. The summed E-state index contributed by atoms with van der Waals surface area (Å²) in [5.41, 5.74) is 10.5. The maximum absolute atomic E-state index is 13.3. The molecule has 4 N–H and O–H groups in total. The van der Waals surface area contributed by atoms with Crippen LogP contribution in [0.4, 0.5) is 5.69 Å². The molecule has 0 saturated heterocycles. The van der Waals surface area contributed by atoms with Gasteiger partial charge in [-0.1, -0.05) is 42.5 Å². The fourth-order valence-corrected chi connectivity index (χ4v) is 4.83. The smallest absolute Gasteiger partial charge is 0.223 e. The largest absolute Gasteiger partial charge is 0.347 e. The van der Waals surface area contributed by atoms with Gasteiger partial charge in [-0.25, -0.2) is 0 Å². The second-order valence-corrected chi connectivity index (χ2v) is 9.44. The molecule has 182 valence electrons. The minimum absolute atomic E-state index is 0.0218. The molecule has 0 spiro atoms. The Bertz CT molecular complexity index is 1140. The van der Waals surface area contributed by atoms with Gasteiger partial charge in [0, 0.05) is 24.7 Å². The Morgan fingerprint density at radius 1 is 0.971 bits per heavy atom. The van der Waals surface area contributed by atoms with Crippen molar-refractivity contribution < 1.29 is 9.59 Å². The third-order valence-electron chi connectivity index (χ3n) is 6.80. The number of carbonyl (C=O) groups is 2. The van der Waals surface area contributed by atoms with Crippen LogP contribution in [0.25, 0.3) is 11.1 Å². The summed E-state index contributed by atoms with van der Waals surface area (Å²) in [6.07, 6.45) is 6.23. The van der Waals surface area contributed by atoms with Crippen molar-refractivity contribution in [3.8, 4) is 11.1 Å². The number of benzene rings is 2. The molecule has 1 fully saturated rings. The summed E-state index contributed by atoms with van der Waals surface area (Å²) >= 11 is 0. The fourth-order valence-electron chi connectivity index (χ4n) is 4.83. The van der Waals surface area contributed by atoms with Gasteiger partial charge in [0.2, 0.25) is 11.8 Å². The van der Waals surface area contributed by atoms with Crippen LogP contribution in [0.3, 0.4) is 0 Å². The highest BCUT2D eigenvalue weighted by molar-refractivity contribution is 5.89. The lowest BCUT2D eigenvalue weighted by molar-refractivity contribution is -0.127. The highest BCUT2D eigenvalue weighted by atomic mass is 16.2. The van der Waals surface area contributed by atoms with Gasteiger partial charge in [-0.2, -0.15) is 0 Å². The molecule has 1 aliphatic carbocycles. The third kappa shape index (κ3) is 6.76. The quantitative estimate of drug-likeness (QED) is 0.437. The highest BCUT2D eigenvalue weighted by Crippen LogP contribution is 2.30. The summed E-state index contributed by atoms with van der Waals surface area (Å²) in [6, 6.07) is 21.7. The molecule has 0 bridgehead atoms. The lowest BCUT2D eigenvalue weighted by Crippen LogP contribution is -2.37. The van der Waals surface area contributed by atoms with Gasteiger partial charge in [-0.15, -0.1) is 0 Å². The van der Waals surface area contributed by atoms with Crippen molar-refractivity contribution in [2.45, 2.75) is 45.1 Å². The summed E-state index contributed by atoms with van der Waals surface area (Å²) in [5.74, 6) is 0.546. The molecule has 6 heteroatoms. The number of aromatic nitrogens is 1. The lowest BCUT2D eigenvalue weighted by Gasteiger charge is -2.28. The van der Waals surface area contributed by atoms with Crippen molar-refractivity contribution in [1.82, 2.24) is 10.3 Å². The first kappa shape index (κ1) is 24.6. The summed E-state index contributed by atoms with van der Waals surface area (Å²) in [4.78, 5) is 29.4. The Hall–Kier alpha value is -3.51. The number of amides is 2. The van der Waals surface area contributed by atoms with Crippen LogP contribution < -0.4 is 16.4 Å². The van der Waals surface area contributed by atoms with Crippen LogP contribution in [0.5, 0.6) is 0 Å². The molecule has 2 aromatic carbocycles. The number of carbonyl (C=O) groups excluding carboxylic acids is 2.